The number of esters is 1. The van der Waals surface area contributed by atoms with E-state index in [1.165, 1.54) is 13.4 Å². The van der Waals surface area contributed by atoms with Gasteiger partial charge in [0, 0.05) is 13.2 Å². The molecule has 0 unspecified atom stereocenters. The number of nitrogens with one attached hydrogen (secondary N) is 1. The molecular formula is C12H19NO4. The predicted octanol–water partition coefficient (Wildman–Crippen LogP) is 1.58. The van der Waals surface area contributed by atoms with Crippen LogP contribution in [0.15, 0.2) is 16.7 Å². The molecule has 0 aliphatic heterocycles. The molecule has 0 saturated carbocycles. The highest BCUT2D eigenvalue weighted by Gasteiger charge is 2.09. The van der Waals surface area contributed by atoms with Gasteiger partial charge in [0.1, 0.15) is 12.0 Å². The molecule has 96 valence electrons. The van der Waals surface area contributed by atoms with Gasteiger partial charge >= 0.3 is 5.97 Å². The van der Waals surface area contributed by atoms with Crippen molar-refractivity contribution in [1.82, 2.24) is 5.32 Å². The van der Waals surface area contributed by atoms with Gasteiger partial charge < -0.3 is 19.2 Å². The monoisotopic (exact) mass is 241 g/mol. The number of ether oxygens (including phenoxy) is 2. The number of hydrogen-bond acceptors (Lipinski definition) is 5. The van der Waals surface area contributed by atoms with Gasteiger partial charge in [0.05, 0.1) is 19.2 Å². The van der Waals surface area contributed by atoms with Crippen molar-refractivity contribution in [3.8, 4) is 0 Å². The van der Waals surface area contributed by atoms with Crippen molar-refractivity contribution in [2.75, 3.05) is 26.9 Å². The summed E-state index contributed by atoms with van der Waals surface area (Å²) in [6, 6.07) is 1.68. The summed E-state index contributed by atoms with van der Waals surface area (Å²) in [6.45, 7) is 4.94. The third-order valence-corrected chi connectivity index (χ3v) is 2.22. The topological polar surface area (TPSA) is 60.7 Å². The molecule has 1 N–H and O–H groups in total. The van der Waals surface area contributed by atoms with Gasteiger partial charge in [-0.1, -0.05) is 0 Å². The van der Waals surface area contributed by atoms with Crippen LogP contribution in [0.2, 0.25) is 0 Å². The largest absolute Gasteiger partial charge is 0.467 e. The lowest BCUT2D eigenvalue weighted by molar-refractivity contribution is 0.0600. The molecule has 1 rings (SSSR count). The van der Waals surface area contributed by atoms with Crippen molar-refractivity contribution in [2.24, 2.45) is 0 Å². The fourth-order valence-corrected chi connectivity index (χ4v) is 1.35. The molecule has 0 aromatic carbocycles. The summed E-state index contributed by atoms with van der Waals surface area (Å²) in [5, 5.41) is 3.20. The Bertz CT molecular complexity index is 335. The van der Waals surface area contributed by atoms with Crippen LogP contribution in [0.5, 0.6) is 0 Å². The van der Waals surface area contributed by atoms with Crippen molar-refractivity contribution < 1.29 is 18.7 Å². The van der Waals surface area contributed by atoms with Gasteiger partial charge in [-0.05, 0) is 26.0 Å². The fourth-order valence-electron chi connectivity index (χ4n) is 1.35. The van der Waals surface area contributed by atoms with Crippen molar-refractivity contribution in [3.05, 3.63) is 23.7 Å². The molecule has 0 fully saturated rings. The summed E-state index contributed by atoms with van der Waals surface area (Å²) >= 11 is 0. The van der Waals surface area contributed by atoms with E-state index in [0.29, 0.717) is 12.1 Å². The highest BCUT2D eigenvalue weighted by molar-refractivity contribution is 5.88. The predicted molar refractivity (Wildman–Crippen MR) is 62.9 cm³/mol. The summed E-state index contributed by atoms with van der Waals surface area (Å²) in [4.78, 5) is 11.2. The smallest absolute Gasteiger partial charge is 0.341 e. The van der Waals surface area contributed by atoms with Crippen LogP contribution in [0.25, 0.3) is 0 Å². The zero-order valence-electron chi connectivity index (χ0n) is 10.3. The number of methoxy groups -OCH3 is 1. The molecule has 0 bridgehead atoms. The minimum Gasteiger partial charge on any atom is -0.467 e. The third-order valence-electron chi connectivity index (χ3n) is 2.22. The maximum absolute atomic E-state index is 11.2. The highest BCUT2D eigenvalue weighted by atomic mass is 16.5. The molecule has 0 aliphatic carbocycles. The molecular weight excluding hydrogens is 222 g/mol. The lowest BCUT2D eigenvalue weighted by atomic mass is 10.3. The molecule has 0 spiro atoms. The van der Waals surface area contributed by atoms with Crippen LogP contribution in [-0.2, 0) is 16.0 Å². The first-order valence-electron chi connectivity index (χ1n) is 5.72. The van der Waals surface area contributed by atoms with Crippen LogP contribution < -0.4 is 5.32 Å². The van der Waals surface area contributed by atoms with Crippen LogP contribution in [-0.4, -0.2) is 32.8 Å². The van der Waals surface area contributed by atoms with Crippen molar-refractivity contribution >= 4 is 5.97 Å². The summed E-state index contributed by atoms with van der Waals surface area (Å²) in [5.74, 6) is 0.346. The van der Waals surface area contributed by atoms with E-state index in [2.05, 4.69) is 10.1 Å². The first-order chi connectivity index (χ1) is 8.27. The maximum atomic E-state index is 11.2. The molecule has 1 aromatic rings. The lowest BCUT2D eigenvalue weighted by Crippen LogP contribution is -2.16. The Kier molecular flexibility index (Phi) is 6.35. The molecule has 0 atom stereocenters. The van der Waals surface area contributed by atoms with Crippen molar-refractivity contribution in [2.45, 2.75) is 19.9 Å². The second-order valence-corrected chi connectivity index (χ2v) is 3.52. The molecule has 0 radical (unpaired) electrons. The minimum atomic E-state index is -0.378. The van der Waals surface area contributed by atoms with Gasteiger partial charge in [0.25, 0.3) is 0 Å². The Morgan fingerprint density at radius 1 is 1.53 bits per heavy atom. The first kappa shape index (κ1) is 13.7. The number of hydrogen-bond donors (Lipinski definition) is 1. The second-order valence-electron chi connectivity index (χ2n) is 3.52. The Hall–Kier alpha value is -1.33. The van der Waals surface area contributed by atoms with Crippen LogP contribution in [0.4, 0.5) is 0 Å². The van der Waals surface area contributed by atoms with E-state index in [1.54, 1.807) is 6.07 Å². The van der Waals surface area contributed by atoms with Gasteiger partial charge in [0.15, 0.2) is 0 Å². The average molecular weight is 241 g/mol. The summed E-state index contributed by atoms with van der Waals surface area (Å²) in [6.07, 6.45) is 2.36. The molecule has 5 nitrogen and oxygen atoms in total. The summed E-state index contributed by atoms with van der Waals surface area (Å²) in [5.41, 5.74) is 0.443. The Morgan fingerprint density at radius 2 is 2.35 bits per heavy atom. The van der Waals surface area contributed by atoms with Crippen LogP contribution >= 0.6 is 0 Å². The van der Waals surface area contributed by atoms with Crippen LogP contribution in [0, 0.1) is 0 Å². The fraction of sp³-hybridized carbons (Fsp3) is 0.583. The number of carbonyl (C=O) groups excluding carboxylic acids is 1. The number of furan rings is 1. The standard InChI is InChI=1S/C12H19NO4/c1-3-16-6-4-5-13-8-11-7-10(9-17-11)12(14)15-2/h7,9,13H,3-6,8H2,1-2H3. The summed E-state index contributed by atoms with van der Waals surface area (Å²) < 4.78 is 15.0. The van der Waals surface area contributed by atoms with Gasteiger partial charge in [-0.3, -0.25) is 0 Å². The van der Waals surface area contributed by atoms with E-state index in [0.717, 1.165) is 31.9 Å². The van der Waals surface area contributed by atoms with Crippen LogP contribution in [0.1, 0.15) is 29.5 Å². The normalized spacial score (nSPS) is 10.5. The molecule has 17 heavy (non-hydrogen) atoms. The van der Waals surface area contributed by atoms with E-state index >= 15 is 0 Å². The molecule has 5 heteroatoms. The summed E-state index contributed by atoms with van der Waals surface area (Å²) in [7, 11) is 1.35. The molecule has 1 aromatic heterocycles. The Labute approximate surface area is 101 Å². The van der Waals surface area contributed by atoms with E-state index in [4.69, 9.17) is 9.15 Å². The average Bonchev–Trinajstić information content (AvgIpc) is 2.81. The number of carbonyl (C=O) groups is 1. The zero-order chi connectivity index (χ0) is 12.5. The number of rotatable bonds is 8. The van der Waals surface area contributed by atoms with Crippen LogP contribution in [0.3, 0.4) is 0 Å². The molecule has 1 heterocycles. The van der Waals surface area contributed by atoms with E-state index < -0.39 is 0 Å². The highest BCUT2D eigenvalue weighted by Crippen LogP contribution is 2.08. The van der Waals surface area contributed by atoms with Gasteiger partial charge in [-0.15, -0.1) is 0 Å². The quantitative estimate of drug-likeness (QED) is 0.553. The Balaban J connectivity index is 2.19. The van der Waals surface area contributed by atoms with Gasteiger partial charge in [0.2, 0.25) is 0 Å². The van der Waals surface area contributed by atoms with Crippen molar-refractivity contribution in [1.29, 1.82) is 0 Å². The van der Waals surface area contributed by atoms with Crippen molar-refractivity contribution in [3.63, 3.8) is 0 Å². The third kappa shape index (κ3) is 5.01. The lowest BCUT2D eigenvalue weighted by Gasteiger charge is -2.02. The molecule has 0 aliphatic rings. The minimum absolute atomic E-state index is 0.378. The molecule has 0 saturated heterocycles. The van der Waals surface area contributed by atoms with E-state index in [9.17, 15) is 4.79 Å². The van der Waals surface area contributed by atoms with E-state index in [1.807, 2.05) is 6.92 Å². The SMILES string of the molecule is CCOCCCNCc1cc(C(=O)OC)co1. The Morgan fingerprint density at radius 3 is 3.06 bits per heavy atom. The first-order valence-corrected chi connectivity index (χ1v) is 5.72. The zero-order valence-corrected chi connectivity index (χ0v) is 10.3. The molecule has 0 amide bonds. The maximum Gasteiger partial charge on any atom is 0.341 e. The van der Waals surface area contributed by atoms with E-state index in [-0.39, 0.29) is 5.97 Å². The van der Waals surface area contributed by atoms with Gasteiger partial charge in [-0.2, -0.15) is 0 Å². The van der Waals surface area contributed by atoms with Gasteiger partial charge in [-0.25, -0.2) is 4.79 Å². The second kappa shape index (κ2) is 7.86.